The summed E-state index contributed by atoms with van der Waals surface area (Å²) < 4.78 is 51.8. The summed E-state index contributed by atoms with van der Waals surface area (Å²) in [5.74, 6) is -0.945. The molecular weight excluding hydrogens is 362 g/mol. The standard InChI is InChI=1S/C20H19F4NO2/c1-18(27,13-5-7-16(21)8-6-13)12-17(26)25-19(9-10-19)14-3-2-4-15(11-14)20(22,23)24/h2-8,11,27H,9-10,12H2,1H3,(H,25,26). The van der Waals surface area contributed by atoms with Crippen LogP contribution in [0.2, 0.25) is 0 Å². The third kappa shape index (κ3) is 4.30. The van der Waals surface area contributed by atoms with Crippen LogP contribution in [0.15, 0.2) is 48.5 Å². The molecule has 0 heterocycles. The Hall–Kier alpha value is -2.41. The van der Waals surface area contributed by atoms with E-state index in [1.54, 1.807) is 6.07 Å². The highest BCUT2D eigenvalue weighted by atomic mass is 19.4. The molecule has 2 aromatic rings. The van der Waals surface area contributed by atoms with Gasteiger partial charge in [0, 0.05) is 0 Å². The average Bonchev–Trinajstić information content (AvgIpc) is 3.34. The van der Waals surface area contributed by atoms with Gasteiger partial charge in [0.05, 0.1) is 23.1 Å². The third-order valence-corrected chi connectivity index (χ3v) is 4.84. The van der Waals surface area contributed by atoms with E-state index in [0.29, 0.717) is 24.0 Å². The molecule has 0 spiro atoms. The van der Waals surface area contributed by atoms with Crippen LogP contribution in [0.3, 0.4) is 0 Å². The molecule has 1 amide bonds. The van der Waals surface area contributed by atoms with Gasteiger partial charge in [0.1, 0.15) is 5.82 Å². The SMILES string of the molecule is CC(O)(CC(=O)NC1(c2cccc(C(F)(F)F)c2)CC1)c1ccc(F)cc1. The highest BCUT2D eigenvalue weighted by Gasteiger charge is 2.47. The summed E-state index contributed by atoms with van der Waals surface area (Å²) in [7, 11) is 0. The second-order valence-corrected chi connectivity index (χ2v) is 7.17. The van der Waals surface area contributed by atoms with E-state index < -0.39 is 34.6 Å². The fraction of sp³-hybridized carbons (Fsp3) is 0.350. The van der Waals surface area contributed by atoms with E-state index in [0.717, 1.165) is 12.1 Å². The molecule has 1 saturated carbocycles. The molecule has 144 valence electrons. The molecule has 1 atom stereocenters. The molecule has 3 nitrogen and oxygen atoms in total. The van der Waals surface area contributed by atoms with Gasteiger partial charge in [-0.3, -0.25) is 4.79 Å². The molecule has 3 rings (SSSR count). The predicted octanol–water partition coefficient (Wildman–Crippen LogP) is 4.25. The monoisotopic (exact) mass is 381 g/mol. The zero-order valence-corrected chi connectivity index (χ0v) is 14.6. The van der Waals surface area contributed by atoms with Gasteiger partial charge in [-0.25, -0.2) is 4.39 Å². The maximum absolute atomic E-state index is 13.0. The van der Waals surface area contributed by atoms with Gasteiger partial charge in [0.25, 0.3) is 0 Å². The number of nitrogens with one attached hydrogen (secondary N) is 1. The van der Waals surface area contributed by atoms with Crippen LogP contribution in [-0.2, 0) is 22.1 Å². The summed E-state index contributed by atoms with van der Waals surface area (Å²) in [6.45, 7) is 1.43. The topological polar surface area (TPSA) is 49.3 Å². The number of hydrogen-bond acceptors (Lipinski definition) is 2. The zero-order valence-electron chi connectivity index (χ0n) is 14.6. The molecule has 0 bridgehead atoms. The van der Waals surface area contributed by atoms with Crippen molar-refractivity contribution >= 4 is 5.91 Å². The lowest BCUT2D eigenvalue weighted by Gasteiger charge is -2.26. The van der Waals surface area contributed by atoms with Gasteiger partial charge >= 0.3 is 6.18 Å². The van der Waals surface area contributed by atoms with Gasteiger partial charge in [-0.15, -0.1) is 0 Å². The molecule has 0 aliphatic heterocycles. The Labute approximate surface area is 154 Å². The number of halogens is 4. The molecule has 1 unspecified atom stereocenters. The summed E-state index contributed by atoms with van der Waals surface area (Å²) in [6, 6.07) is 10.1. The quantitative estimate of drug-likeness (QED) is 0.761. The maximum Gasteiger partial charge on any atom is 0.416 e. The van der Waals surface area contributed by atoms with Crippen LogP contribution in [0.4, 0.5) is 17.6 Å². The lowest BCUT2D eigenvalue weighted by atomic mass is 9.91. The number of benzene rings is 2. The van der Waals surface area contributed by atoms with Gasteiger partial charge in [-0.1, -0.05) is 24.3 Å². The van der Waals surface area contributed by atoms with Crippen molar-refractivity contribution in [1.29, 1.82) is 0 Å². The van der Waals surface area contributed by atoms with Crippen LogP contribution in [-0.4, -0.2) is 11.0 Å². The molecule has 2 aromatic carbocycles. The summed E-state index contributed by atoms with van der Waals surface area (Å²) in [6.07, 6.45) is -3.70. The normalized spacial score (nSPS) is 17.9. The number of carbonyl (C=O) groups is 1. The van der Waals surface area contributed by atoms with Crippen molar-refractivity contribution in [2.24, 2.45) is 0 Å². The van der Waals surface area contributed by atoms with Gasteiger partial charge in [-0.05, 0) is 55.2 Å². The van der Waals surface area contributed by atoms with Crippen molar-refractivity contribution in [2.45, 2.75) is 43.5 Å². The Kier molecular flexibility index (Phi) is 4.76. The molecular formula is C20H19F4NO2. The number of hydrogen-bond donors (Lipinski definition) is 2. The minimum absolute atomic E-state index is 0.292. The van der Waals surface area contributed by atoms with Gasteiger partial charge < -0.3 is 10.4 Å². The summed E-state index contributed by atoms with van der Waals surface area (Å²) >= 11 is 0. The number of aliphatic hydroxyl groups is 1. The van der Waals surface area contributed by atoms with E-state index in [1.807, 2.05) is 0 Å². The van der Waals surface area contributed by atoms with Crippen LogP contribution >= 0.6 is 0 Å². The first kappa shape index (κ1) is 19.4. The number of carbonyl (C=O) groups excluding carboxylic acids is 1. The summed E-state index contributed by atoms with van der Waals surface area (Å²) in [5.41, 5.74) is -2.35. The highest BCUT2D eigenvalue weighted by Crippen LogP contribution is 2.47. The lowest BCUT2D eigenvalue weighted by molar-refractivity contribution is -0.137. The first-order valence-electron chi connectivity index (χ1n) is 8.49. The highest BCUT2D eigenvalue weighted by molar-refractivity contribution is 5.79. The van der Waals surface area contributed by atoms with Crippen LogP contribution in [0.5, 0.6) is 0 Å². The van der Waals surface area contributed by atoms with Crippen molar-refractivity contribution in [3.63, 3.8) is 0 Å². The zero-order chi connectivity index (χ0) is 19.9. The number of rotatable bonds is 5. The Morgan fingerprint density at radius 3 is 2.30 bits per heavy atom. The van der Waals surface area contributed by atoms with Crippen molar-refractivity contribution in [2.75, 3.05) is 0 Å². The lowest BCUT2D eigenvalue weighted by Crippen LogP contribution is -2.39. The third-order valence-electron chi connectivity index (χ3n) is 4.84. The van der Waals surface area contributed by atoms with Crippen LogP contribution in [0.25, 0.3) is 0 Å². The smallest absolute Gasteiger partial charge is 0.385 e. The van der Waals surface area contributed by atoms with Crippen molar-refractivity contribution < 1.29 is 27.5 Å². The van der Waals surface area contributed by atoms with E-state index in [2.05, 4.69) is 5.32 Å². The van der Waals surface area contributed by atoms with E-state index in [-0.39, 0.29) is 6.42 Å². The van der Waals surface area contributed by atoms with E-state index in [4.69, 9.17) is 0 Å². The van der Waals surface area contributed by atoms with Crippen LogP contribution in [0, 0.1) is 5.82 Å². The van der Waals surface area contributed by atoms with Crippen LogP contribution in [0.1, 0.15) is 42.9 Å². The van der Waals surface area contributed by atoms with Crippen LogP contribution < -0.4 is 5.32 Å². The maximum atomic E-state index is 13.0. The summed E-state index contributed by atoms with van der Waals surface area (Å²) in [5, 5.41) is 13.3. The Balaban J connectivity index is 1.73. The number of alkyl halides is 3. The summed E-state index contributed by atoms with van der Waals surface area (Å²) in [4.78, 5) is 12.4. The Morgan fingerprint density at radius 1 is 1.11 bits per heavy atom. The largest absolute Gasteiger partial charge is 0.416 e. The minimum atomic E-state index is -4.46. The Bertz CT molecular complexity index is 840. The molecule has 27 heavy (non-hydrogen) atoms. The molecule has 0 radical (unpaired) electrons. The predicted molar refractivity (Wildman–Crippen MR) is 91.1 cm³/mol. The molecule has 2 N–H and O–H groups in total. The second-order valence-electron chi connectivity index (χ2n) is 7.17. The second kappa shape index (κ2) is 6.64. The van der Waals surface area contributed by atoms with Crippen molar-refractivity contribution in [1.82, 2.24) is 5.32 Å². The van der Waals surface area contributed by atoms with E-state index in [1.165, 1.54) is 37.3 Å². The molecule has 1 aliphatic rings. The molecule has 0 saturated heterocycles. The Morgan fingerprint density at radius 2 is 1.74 bits per heavy atom. The van der Waals surface area contributed by atoms with Crippen molar-refractivity contribution in [3.05, 3.63) is 71.0 Å². The number of amides is 1. The molecule has 1 aliphatic carbocycles. The molecule has 7 heteroatoms. The fourth-order valence-electron chi connectivity index (χ4n) is 3.14. The fourth-order valence-corrected chi connectivity index (χ4v) is 3.14. The van der Waals surface area contributed by atoms with E-state index in [9.17, 15) is 27.5 Å². The van der Waals surface area contributed by atoms with Gasteiger partial charge in [0.15, 0.2) is 0 Å². The first-order chi connectivity index (χ1) is 12.5. The van der Waals surface area contributed by atoms with Gasteiger partial charge in [0.2, 0.25) is 5.91 Å². The van der Waals surface area contributed by atoms with E-state index >= 15 is 0 Å². The van der Waals surface area contributed by atoms with Gasteiger partial charge in [-0.2, -0.15) is 13.2 Å². The average molecular weight is 381 g/mol. The van der Waals surface area contributed by atoms with Crippen molar-refractivity contribution in [3.8, 4) is 0 Å². The molecule has 1 fully saturated rings. The minimum Gasteiger partial charge on any atom is -0.385 e. The first-order valence-corrected chi connectivity index (χ1v) is 8.49. The molecule has 0 aromatic heterocycles.